The minimum atomic E-state index is 0.490. The molecule has 0 amide bonds. The summed E-state index contributed by atoms with van der Waals surface area (Å²) in [4.78, 5) is 13.4. The second-order valence-corrected chi connectivity index (χ2v) is 4.50. The average Bonchev–Trinajstić information content (AvgIpc) is 2.81. The van der Waals surface area contributed by atoms with Crippen molar-refractivity contribution in [3.05, 3.63) is 36.0 Å². The number of para-hydroxylation sites is 1. The van der Waals surface area contributed by atoms with Gasteiger partial charge in [0.1, 0.15) is 6.29 Å². The molecule has 0 unspecified atom stereocenters. The van der Waals surface area contributed by atoms with Crippen LogP contribution in [0.4, 0.5) is 0 Å². The Kier molecular flexibility index (Phi) is 7.19. The Bertz CT molecular complexity index is 460. The lowest BCUT2D eigenvalue weighted by atomic mass is 10.1. The molecule has 1 aromatic heterocycles. The smallest absolute Gasteiger partial charge is 0.124 e. The van der Waals surface area contributed by atoms with Crippen LogP contribution < -0.4 is 0 Å². The summed E-state index contributed by atoms with van der Waals surface area (Å²) in [5.41, 5.74) is 2.16. The van der Waals surface area contributed by atoms with Crippen molar-refractivity contribution < 1.29 is 4.79 Å². The highest BCUT2D eigenvalue weighted by atomic mass is 35.5. The van der Waals surface area contributed by atoms with E-state index in [9.17, 15) is 4.79 Å². The normalized spacial score (nSPS) is 9.89. The highest BCUT2D eigenvalue weighted by molar-refractivity contribution is 6.17. The molecule has 2 aromatic rings. The number of hydrogen-bond donors (Lipinski definition) is 1. The third-order valence-electron chi connectivity index (χ3n) is 2.72. The number of rotatable bonds is 5. The summed E-state index contributed by atoms with van der Waals surface area (Å²) in [5.74, 6) is 0.827. The van der Waals surface area contributed by atoms with Crippen LogP contribution in [0.2, 0.25) is 0 Å². The highest BCUT2D eigenvalue weighted by Crippen LogP contribution is 2.16. The van der Waals surface area contributed by atoms with Gasteiger partial charge in [0.05, 0.1) is 0 Å². The van der Waals surface area contributed by atoms with Crippen LogP contribution in [0.1, 0.15) is 31.7 Å². The van der Waals surface area contributed by atoms with Crippen molar-refractivity contribution in [2.75, 3.05) is 5.88 Å². The molecule has 0 aliphatic rings. The van der Waals surface area contributed by atoms with Gasteiger partial charge in [-0.3, -0.25) is 0 Å². The molecule has 0 aliphatic carbocycles. The molecule has 0 bridgehead atoms. The number of carbonyl (C=O) groups is 1. The van der Waals surface area contributed by atoms with Crippen LogP contribution in [0.3, 0.4) is 0 Å². The van der Waals surface area contributed by atoms with Gasteiger partial charge in [0.2, 0.25) is 0 Å². The van der Waals surface area contributed by atoms with E-state index < -0.39 is 0 Å². The molecule has 0 atom stereocenters. The fourth-order valence-corrected chi connectivity index (χ4v) is 1.92. The molecule has 0 saturated carbocycles. The zero-order chi connectivity index (χ0) is 13.2. The molecule has 0 radical (unpaired) electrons. The van der Waals surface area contributed by atoms with Crippen molar-refractivity contribution in [3.8, 4) is 0 Å². The van der Waals surface area contributed by atoms with Crippen molar-refractivity contribution in [3.63, 3.8) is 0 Å². The molecule has 2 rings (SSSR count). The third kappa shape index (κ3) is 4.53. The Labute approximate surface area is 113 Å². The number of hydrogen-bond acceptors (Lipinski definition) is 1. The number of carbonyl (C=O) groups excluding carboxylic acids is 1. The van der Waals surface area contributed by atoms with Crippen molar-refractivity contribution in [2.24, 2.45) is 0 Å². The van der Waals surface area contributed by atoms with Gasteiger partial charge < -0.3 is 9.78 Å². The Balaban J connectivity index is 0.000000232. The second-order valence-electron chi connectivity index (χ2n) is 4.13. The Morgan fingerprint density at radius 1 is 1.28 bits per heavy atom. The molecular weight excluding hydrogens is 246 g/mol. The number of H-pyrrole nitrogens is 1. The van der Waals surface area contributed by atoms with E-state index in [4.69, 9.17) is 11.6 Å². The summed E-state index contributed by atoms with van der Waals surface area (Å²) in [6.07, 6.45) is 7.03. The lowest BCUT2D eigenvalue weighted by Gasteiger charge is -1.90. The van der Waals surface area contributed by atoms with E-state index in [0.29, 0.717) is 6.42 Å². The molecule has 0 saturated heterocycles. The van der Waals surface area contributed by atoms with Crippen LogP contribution in [0.5, 0.6) is 0 Å². The van der Waals surface area contributed by atoms with Gasteiger partial charge in [-0.1, -0.05) is 38.0 Å². The molecule has 0 aliphatic heterocycles. The number of benzene rings is 1. The maximum Gasteiger partial charge on any atom is 0.124 e. The monoisotopic (exact) mass is 265 g/mol. The van der Waals surface area contributed by atoms with Crippen LogP contribution in [0.25, 0.3) is 10.9 Å². The van der Waals surface area contributed by atoms with Gasteiger partial charge in [0.25, 0.3) is 0 Å². The van der Waals surface area contributed by atoms with E-state index in [2.05, 4.69) is 11.9 Å². The van der Waals surface area contributed by atoms with Crippen LogP contribution in [0.15, 0.2) is 30.5 Å². The Hall–Kier alpha value is -1.28. The first-order chi connectivity index (χ1) is 8.83. The predicted molar refractivity (Wildman–Crippen MR) is 78.3 cm³/mol. The SMILES string of the molecule is CCCCCCl.O=CCc1c[nH]c2ccccc12. The number of alkyl halides is 1. The molecular formula is C15H20ClNO. The van der Waals surface area contributed by atoms with E-state index >= 15 is 0 Å². The quantitative estimate of drug-likeness (QED) is 0.487. The van der Waals surface area contributed by atoms with Crippen molar-refractivity contribution >= 4 is 28.8 Å². The summed E-state index contributed by atoms with van der Waals surface area (Å²) in [6, 6.07) is 7.97. The van der Waals surface area contributed by atoms with Gasteiger partial charge >= 0.3 is 0 Å². The molecule has 3 heteroatoms. The van der Waals surface area contributed by atoms with Gasteiger partial charge in [-0.25, -0.2) is 0 Å². The fraction of sp³-hybridized carbons (Fsp3) is 0.400. The van der Waals surface area contributed by atoms with Gasteiger partial charge in [0, 0.05) is 29.4 Å². The molecule has 98 valence electrons. The van der Waals surface area contributed by atoms with E-state index in [-0.39, 0.29) is 0 Å². The zero-order valence-electron chi connectivity index (χ0n) is 10.8. The summed E-state index contributed by atoms with van der Waals surface area (Å²) >= 11 is 5.38. The lowest BCUT2D eigenvalue weighted by molar-refractivity contribution is -0.107. The standard InChI is InChI=1S/C10H9NO.C5H11Cl/c12-6-5-8-7-11-10-4-2-1-3-9(8)10;1-2-3-4-5-6/h1-4,6-7,11H,5H2;2-5H2,1H3. The molecule has 1 heterocycles. The van der Waals surface area contributed by atoms with Gasteiger partial charge in [-0.05, 0) is 18.1 Å². The number of unbranched alkanes of at least 4 members (excludes halogenated alkanes) is 2. The minimum absolute atomic E-state index is 0.490. The summed E-state index contributed by atoms with van der Waals surface area (Å²) in [6.45, 7) is 2.17. The number of aldehydes is 1. The van der Waals surface area contributed by atoms with Crippen molar-refractivity contribution in [1.29, 1.82) is 0 Å². The Morgan fingerprint density at radius 2 is 2.06 bits per heavy atom. The Morgan fingerprint density at radius 3 is 2.67 bits per heavy atom. The summed E-state index contributed by atoms with van der Waals surface area (Å²) in [5, 5.41) is 1.14. The van der Waals surface area contributed by atoms with Gasteiger partial charge in [0.15, 0.2) is 0 Å². The molecule has 2 nitrogen and oxygen atoms in total. The topological polar surface area (TPSA) is 32.9 Å². The van der Waals surface area contributed by atoms with E-state index in [1.807, 2.05) is 30.5 Å². The molecule has 18 heavy (non-hydrogen) atoms. The average molecular weight is 266 g/mol. The molecule has 0 spiro atoms. The van der Waals surface area contributed by atoms with Crippen LogP contribution >= 0.6 is 11.6 Å². The number of halogens is 1. The lowest BCUT2D eigenvalue weighted by Crippen LogP contribution is -1.81. The van der Waals surface area contributed by atoms with Crippen LogP contribution in [0, 0.1) is 0 Å². The first kappa shape index (κ1) is 14.8. The van der Waals surface area contributed by atoms with Crippen molar-refractivity contribution in [2.45, 2.75) is 32.6 Å². The van der Waals surface area contributed by atoms with E-state index in [1.165, 1.54) is 19.3 Å². The molecule has 1 N–H and O–H groups in total. The molecule has 0 fully saturated rings. The van der Waals surface area contributed by atoms with Gasteiger partial charge in [-0.2, -0.15) is 0 Å². The summed E-state index contributed by atoms with van der Waals surface area (Å²) in [7, 11) is 0. The number of nitrogens with one attached hydrogen (secondary N) is 1. The fourth-order valence-electron chi connectivity index (χ4n) is 1.73. The van der Waals surface area contributed by atoms with Crippen molar-refractivity contribution in [1.82, 2.24) is 4.98 Å². The van der Waals surface area contributed by atoms with Gasteiger partial charge in [-0.15, -0.1) is 11.6 Å². The first-order valence-electron chi connectivity index (χ1n) is 6.38. The largest absolute Gasteiger partial charge is 0.361 e. The number of fused-ring (bicyclic) bond motifs is 1. The summed E-state index contributed by atoms with van der Waals surface area (Å²) < 4.78 is 0. The predicted octanol–water partition coefficient (Wildman–Crippen LogP) is 4.32. The molecule has 1 aromatic carbocycles. The first-order valence-corrected chi connectivity index (χ1v) is 6.91. The minimum Gasteiger partial charge on any atom is -0.361 e. The maximum atomic E-state index is 10.3. The second kappa shape index (κ2) is 8.76. The number of aromatic nitrogens is 1. The van der Waals surface area contributed by atoms with Crippen LogP contribution in [-0.2, 0) is 11.2 Å². The maximum absolute atomic E-state index is 10.3. The van der Waals surface area contributed by atoms with E-state index in [1.54, 1.807) is 0 Å². The van der Waals surface area contributed by atoms with Crippen LogP contribution in [-0.4, -0.2) is 17.2 Å². The number of aromatic amines is 1. The third-order valence-corrected chi connectivity index (χ3v) is 2.98. The zero-order valence-corrected chi connectivity index (χ0v) is 11.5. The van der Waals surface area contributed by atoms with E-state index in [0.717, 1.165) is 28.6 Å². The highest BCUT2D eigenvalue weighted by Gasteiger charge is 2.00.